The first-order chi connectivity index (χ1) is 14.8. The molecule has 0 saturated heterocycles. The molecular formula is C22H23FN6O2. The first-order valence-corrected chi connectivity index (χ1v) is 10.0. The van der Waals surface area contributed by atoms with Gasteiger partial charge in [0, 0.05) is 14.0 Å². The molecule has 1 aliphatic rings. The van der Waals surface area contributed by atoms with Gasteiger partial charge in [-0.05, 0) is 52.9 Å². The highest BCUT2D eigenvalue weighted by Gasteiger charge is 2.50. The van der Waals surface area contributed by atoms with Gasteiger partial charge in [0.05, 0.1) is 11.6 Å². The van der Waals surface area contributed by atoms with Crippen LogP contribution in [0.1, 0.15) is 38.3 Å². The summed E-state index contributed by atoms with van der Waals surface area (Å²) >= 11 is 0. The van der Waals surface area contributed by atoms with Crippen LogP contribution in [0.15, 0.2) is 42.5 Å². The lowest BCUT2D eigenvalue weighted by Gasteiger charge is -2.21. The highest BCUT2D eigenvalue weighted by Crippen LogP contribution is 2.36. The van der Waals surface area contributed by atoms with Crippen LogP contribution in [-0.2, 0) is 16.6 Å². The van der Waals surface area contributed by atoms with E-state index in [1.807, 2.05) is 37.3 Å². The Morgan fingerprint density at radius 2 is 1.87 bits per heavy atom. The van der Waals surface area contributed by atoms with Crippen molar-refractivity contribution in [1.82, 2.24) is 30.8 Å². The zero-order chi connectivity index (χ0) is 22.2. The predicted molar refractivity (Wildman–Crippen MR) is 112 cm³/mol. The summed E-state index contributed by atoms with van der Waals surface area (Å²) in [6, 6.07) is 12.1. The highest BCUT2D eigenvalue weighted by atomic mass is 19.1. The summed E-state index contributed by atoms with van der Waals surface area (Å²) in [5.74, 6) is -0.464. The number of benzene rings is 2. The molecule has 9 heteroatoms. The second-order valence-electron chi connectivity index (χ2n) is 7.87. The van der Waals surface area contributed by atoms with E-state index in [1.54, 1.807) is 13.1 Å². The molecule has 0 aliphatic heterocycles. The Morgan fingerprint density at radius 1 is 1.16 bits per heavy atom. The molecule has 1 aromatic heterocycles. The summed E-state index contributed by atoms with van der Waals surface area (Å²) in [6.45, 7) is 3.29. The summed E-state index contributed by atoms with van der Waals surface area (Å²) in [7, 11) is 1.66. The molecule has 1 fully saturated rings. The second-order valence-corrected chi connectivity index (χ2v) is 7.87. The normalized spacial score (nSPS) is 15.2. The standard InChI is InChI=1S/C22H23FN6O2/c1-13(24-21(31)22(11-12-22)25-14(2)30)15-7-9-16(10-8-15)17-5-4-6-18(23)19(17)20-26-27-28-29(20)3/h4-10,13H,11-12H2,1-3H3,(H,24,31)(H,25,30)/t13-/m1/s1. The summed E-state index contributed by atoms with van der Waals surface area (Å²) in [5.41, 5.74) is 1.92. The highest BCUT2D eigenvalue weighted by molar-refractivity contribution is 5.93. The number of tetrazole rings is 1. The molecule has 1 aliphatic carbocycles. The predicted octanol–water partition coefficient (Wildman–Crippen LogP) is 2.53. The van der Waals surface area contributed by atoms with Crippen LogP contribution in [0, 0.1) is 5.82 Å². The monoisotopic (exact) mass is 422 g/mol. The average Bonchev–Trinajstić information content (AvgIpc) is 3.39. The van der Waals surface area contributed by atoms with Gasteiger partial charge in [-0.25, -0.2) is 9.07 Å². The van der Waals surface area contributed by atoms with Gasteiger partial charge in [-0.1, -0.05) is 36.4 Å². The lowest BCUT2D eigenvalue weighted by Crippen LogP contribution is -2.48. The third-order valence-corrected chi connectivity index (χ3v) is 5.53. The van der Waals surface area contributed by atoms with Crippen LogP contribution in [0.5, 0.6) is 0 Å². The van der Waals surface area contributed by atoms with Crippen LogP contribution >= 0.6 is 0 Å². The first-order valence-electron chi connectivity index (χ1n) is 10.0. The molecule has 31 heavy (non-hydrogen) atoms. The molecular weight excluding hydrogens is 399 g/mol. The number of amides is 2. The largest absolute Gasteiger partial charge is 0.348 e. The lowest BCUT2D eigenvalue weighted by atomic mass is 9.96. The van der Waals surface area contributed by atoms with Crippen molar-refractivity contribution in [3.05, 3.63) is 53.8 Å². The van der Waals surface area contributed by atoms with Gasteiger partial charge >= 0.3 is 0 Å². The molecule has 3 aromatic rings. The maximum Gasteiger partial charge on any atom is 0.246 e. The third kappa shape index (κ3) is 4.03. The number of hydrogen-bond donors (Lipinski definition) is 2. The van der Waals surface area contributed by atoms with Crippen molar-refractivity contribution in [2.24, 2.45) is 7.05 Å². The molecule has 1 atom stereocenters. The smallest absolute Gasteiger partial charge is 0.246 e. The number of aromatic nitrogens is 4. The molecule has 1 heterocycles. The van der Waals surface area contributed by atoms with E-state index in [4.69, 9.17) is 0 Å². The van der Waals surface area contributed by atoms with Crippen molar-refractivity contribution in [2.75, 3.05) is 0 Å². The maximum atomic E-state index is 14.7. The molecule has 4 rings (SSSR count). The van der Waals surface area contributed by atoms with Crippen LogP contribution in [-0.4, -0.2) is 37.6 Å². The number of hydrogen-bond acceptors (Lipinski definition) is 5. The van der Waals surface area contributed by atoms with Crippen molar-refractivity contribution in [3.63, 3.8) is 0 Å². The first kappa shape index (κ1) is 20.6. The minimum Gasteiger partial charge on any atom is -0.348 e. The quantitative estimate of drug-likeness (QED) is 0.636. The fourth-order valence-corrected chi connectivity index (χ4v) is 3.67. The number of carbonyl (C=O) groups excluding carboxylic acids is 2. The van der Waals surface area contributed by atoms with Crippen LogP contribution < -0.4 is 10.6 Å². The molecule has 1 saturated carbocycles. The molecule has 2 N–H and O–H groups in total. The van der Waals surface area contributed by atoms with Gasteiger partial charge in [0.25, 0.3) is 0 Å². The van der Waals surface area contributed by atoms with Gasteiger partial charge in [0.15, 0.2) is 5.82 Å². The number of nitrogens with zero attached hydrogens (tertiary/aromatic N) is 4. The van der Waals surface area contributed by atoms with Crippen molar-refractivity contribution < 1.29 is 14.0 Å². The average molecular weight is 422 g/mol. The number of rotatable bonds is 6. The topological polar surface area (TPSA) is 102 Å². The Hall–Kier alpha value is -3.62. The zero-order valence-corrected chi connectivity index (χ0v) is 17.5. The van der Waals surface area contributed by atoms with Crippen LogP contribution in [0.25, 0.3) is 22.5 Å². The number of halogens is 1. The third-order valence-electron chi connectivity index (χ3n) is 5.53. The summed E-state index contributed by atoms with van der Waals surface area (Å²) < 4.78 is 16.1. The lowest BCUT2D eigenvalue weighted by molar-refractivity contribution is -0.129. The van der Waals surface area contributed by atoms with Crippen LogP contribution in [0.2, 0.25) is 0 Å². The van der Waals surface area contributed by atoms with Crippen molar-refractivity contribution in [3.8, 4) is 22.5 Å². The molecule has 2 aromatic carbocycles. The van der Waals surface area contributed by atoms with E-state index in [-0.39, 0.29) is 17.9 Å². The molecule has 0 spiro atoms. The summed E-state index contributed by atoms with van der Waals surface area (Å²) in [4.78, 5) is 23.9. The van der Waals surface area contributed by atoms with Gasteiger partial charge in [-0.2, -0.15) is 0 Å². The van der Waals surface area contributed by atoms with Gasteiger partial charge in [0.1, 0.15) is 11.4 Å². The molecule has 0 unspecified atom stereocenters. The van der Waals surface area contributed by atoms with Crippen molar-refractivity contribution in [1.29, 1.82) is 0 Å². The van der Waals surface area contributed by atoms with Crippen molar-refractivity contribution in [2.45, 2.75) is 38.3 Å². The van der Waals surface area contributed by atoms with E-state index in [1.165, 1.54) is 17.7 Å². The summed E-state index contributed by atoms with van der Waals surface area (Å²) in [6.07, 6.45) is 1.28. The summed E-state index contributed by atoms with van der Waals surface area (Å²) in [5, 5.41) is 17.1. The Kier molecular flexibility index (Phi) is 5.26. The van der Waals surface area contributed by atoms with Crippen LogP contribution in [0.4, 0.5) is 4.39 Å². The van der Waals surface area contributed by atoms with Gasteiger partial charge in [0.2, 0.25) is 11.8 Å². The molecule has 160 valence electrons. The Bertz CT molecular complexity index is 1140. The Labute approximate surface area is 178 Å². The fraction of sp³-hybridized carbons (Fsp3) is 0.318. The minimum absolute atomic E-state index is 0.179. The van der Waals surface area contributed by atoms with Gasteiger partial charge in [-0.3, -0.25) is 9.59 Å². The van der Waals surface area contributed by atoms with Gasteiger partial charge < -0.3 is 10.6 Å². The van der Waals surface area contributed by atoms with E-state index in [9.17, 15) is 14.0 Å². The Morgan fingerprint density at radius 3 is 2.45 bits per heavy atom. The number of nitrogens with one attached hydrogen (secondary N) is 2. The van der Waals surface area contributed by atoms with E-state index >= 15 is 0 Å². The zero-order valence-electron chi connectivity index (χ0n) is 17.5. The van der Waals surface area contributed by atoms with Gasteiger partial charge in [-0.15, -0.1) is 5.10 Å². The Balaban J connectivity index is 1.56. The molecule has 0 radical (unpaired) electrons. The van der Waals surface area contributed by atoms with Crippen LogP contribution in [0.3, 0.4) is 0 Å². The molecule has 0 bridgehead atoms. The fourth-order valence-electron chi connectivity index (χ4n) is 3.67. The molecule has 2 amide bonds. The van der Waals surface area contributed by atoms with E-state index in [0.29, 0.717) is 29.8 Å². The van der Waals surface area contributed by atoms with E-state index in [0.717, 1.165) is 11.1 Å². The number of carbonyl (C=O) groups is 2. The maximum absolute atomic E-state index is 14.7. The minimum atomic E-state index is -0.777. The van der Waals surface area contributed by atoms with E-state index < -0.39 is 11.4 Å². The van der Waals surface area contributed by atoms with Crippen molar-refractivity contribution >= 4 is 11.8 Å². The molecule has 8 nitrogen and oxygen atoms in total. The van der Waals surface area contributed by atoms with E-state index in [2.05, 4.69) is 26.2 Å². The second kappa shape index (κ2) is 7.90. The SMILES string of the molecule is CC(=O)NC1(C(=O)N[C@H](C)c2ccc(-c3cccc(F)c3-c3nnnn3C)cc2)CC1. The number of aryl methyl sites for hydroxylation is 1.